The molecule has 1 aromatic rings. The number of hydrogen-bond acceptors (Lipinski definition) is 4. The summed E-state index contributed by atoms with van der Waals surface area (Å²) in [6.07, 6.45) is 0. The Bertz CT molecular complexity index is 448. The minimum Gasteiger partial charge on any atom is -0.508 e. The van der Waals surface area contributed by atoms with Crippen molar-refractivity contribution in [3.05, 3.63) is 29.6 Å². The number of hydrogen-bond donors (Lipinski definition) is 2. The number of phenolic OH excluding ortho intramolecular Hbond substituents is 1. The van der Waals surface area contributed by atoms with Gasteiger partial charge in [0.2, 0.25) is 0 Å². The summed E-state index contributed by atoms with van der Waals surface area (Å²) in [4.78, 5) is 11.7. The molecule has 2 unspecified atom stereocenters. The average molecular weight is 269 g/mol. The van der Waals surface area contributed by atoms with Crippen LogP contribution in [0.4, 0.5) is 4.39 Å². The molecule has 19 heavy (non-hydrogen) atoms. The van der Waals surface area contributed by atoms with Crippen molar-refractivity contribution in [2.24, 2.45) is 5.92 Å². The van der Waals surface area contributed by atoms with E-state index in [2.05, 4.69) is 5.32 Å². The first-order chi connectivity index (χ1) is 8.86. The minimum atomic E-state index is -0.498. The summed E-state index contributed by atoms with van der Waals surface area (Å²) < 4.78 is 17.7. The number of carbonyl (C=O) groups is 1. The van der Waals surface area contributed by atoms with Gasteiger partial charge in [-0.15, -0.1) is 0 Å². The maximum absolute atomic E-state index is 12.9. The minimum absolute atomic E-state index is 0.0393. The quantitative estimate of drug-likeness (QED) is 0.806. The van der Waals surface area contributed by atoms with E-state index in [4.69, 9.17) is 4.74 Å². The van der Waals surface area contributed by atoms with Gasteiger partial charge in [0.25, 0.3) is 0 Å². The van der Waals surface area contributed by atoms with Gasteiger partial charge < -0.3 is 9.84 Å². The molecule has 4 nitrogen and oxygen atoms in total. The zero-order chi connectivity index (χ0) is 14.6. The van der Waals surface area contributed by atoms with Crippen LogP contribution in [-0.4, -0.2) is 24.2 Å². The summed E-state index contributed by atoms with van der Waals surface area (Å²) in [5.74, 6) is -0.949. The molecular formula is C14H20FNO3. The second-order valence-electron chi connectivity index (χ2n) is 4.84. The molecule has 0 saturated heterocycles. The van der Waals surface area contributed by atoms with E-state index in [1.54, 1.807) is 6.92 Å². The maximum atomic E-state index is 12.9. The van der Waals surface area contributed by atoms with Crippen LogP contribution in [-0.2, 0) is 9.53 Å². The van der Waals surface area contributed by atoms with Crippen molar-refractivity contribution in [2.75, 3.05) is 7.11 Å². The van der Waals surface area contributed by atoms with Crippen LogP contribution in [0.25, 0.3) is 0 Å². The highest BCUT2D eigenvalue weighted by molar-refractivity contribution is 5.76. The molecule has 2 atom stereocenters. The molecule has 0 radical (unpaired) electrons. The Morgan fingerprint density at radius 1 is 1.37 bits per heavy atom. The fourth-order valence-electron chi connectivity index (χ4n) is 1.90. The van der Waals surface area contributed by atoms with Gasteiger partial charge in [-0.3, -0.25) is 10.1 Å². The monoisotopic (exact) mass is 269 g/mol. The van der Waals surface area contributed by atoms with Gasteiger partial charge in [-0.2, -0.15) is 0 Å². The summed E-state index contributed by atoms with van der Waals surface area (Å²) in [6.45, 7) is 5.59. The van der Waals surface area contributed by atoms with Crippen LogP contribution < -0.4 is 5.32 Å². The highest BCUT2D eigenvalue weighted by atomic mass is 19.1. The fourth-order valence-corrected chi connectivity index (χ4v) is 1.90. The lowest BCUT2D eigenvalue weighted by Crippen LogP contribution is -2.42. The molecule has 0 spiro atoms. The van der Waals surface area contributed by atoms with Gasteiger partial charge in [0.05, 0.1) is 7.11 Å². The molecule has 0 amide bonds. The number of carbonyl (C=O) groups excluding carboxylic acids is 1. The summed E-state index contributed by atoms with van der Waals surface area (Å²) in [5, 5.41) is 12.8. The van der Waals surface area contributed by atoms with Crippen LogP contribution in [0.5, 0.6) is 5.75 Å². The van der Waals surface area contributed by atoms with Crippen molar-refractivity contribution in [2.45, 2.75) is 32.9 Å². The second kappa shape index (κ2) is 6.52. The van der Waals surface area contributed by atoms with Crippen molar-refractivity contribution >= 4 is 5.97 Å². The average Bonchev–Trinajstić information content (AvgIpc) is 2.34. The Hall–Kier alpha value is -1.62. The maximum Gasteiger partial charge on any atom is 0.323 e. The predicted octanol–water partition coefficient (Wildman–Crippen LogP) is 2.38. The van der Waals surface area contributed by atoms with Crippen molar-refractivity contribution in [3.8, 4) is 5.75 Å². The normalized spacial score (nSPS) is 14.2. The molecular weight excluding hydrogens is 249 g/mol. The van der Waals surface area contributed by atoms with Crippen molar-refractivity contribution < 1.29 is 19.0 Å². The molecule has 1 rings (SSSR count). The molecule has 0 saturated carbocycles. The molecule has 1 aromatic carbocycles. The highest BCUT2D eigenvalue weighted by Crippen LogP contribution is 2.25. The van der Waals surface area contributed by atoms with Gasteiger partial charge in [-0.1, -0.05) is 19.9 Å². The van der Waals surface area contributed by atoms with Gasteiger partial charge in [0.15, 0.2) is 0 Å². The number of esters is 1. The van der Waals surface area contributed by atoms with E-state index in [1.165, 1.54) is 19.2 Å². The Balaban J connectivity index is 2.87. The van der Waals surface area contributed by atoms with Crippen LogP contribution >= 0.6 is 0 Å². The zero-order valence-electron chi connectivity index (χ0n) is 11.6. The van der Waals surface area contributed by atoms with E-state index in [0.717, 1.165) is 6.07 Å². The topological polar surface area (TPSA) is 58.6 Å². The third-order valence-corrected chi connectivity index (χ3v) is 3.01. The number of benzene rings is 1. The Morgan fingerprint density at radius 2 is 2.00 bits per heavy atom. The van der Waals surface area contributed by atoms with Crippen LogP contribution in [0, 0.1) is 11.7 Å². The van der Waals surface area contributed by atoms with E-state index in [0.29, 0.717) is 5.56 Å². The van der Waals surface area contributed by atoms with E-state index in [1.807, 2.05) is 13.8 Å². The molecule has 0 aliphatic heterocycles. The molecule has 0 bridgehead atoms. The van der Waals surface area contributed by atoms with Crippen LogP contribution in [0.3, 0.4) is 0 Å². The molecule has 106 valence electrons. The molecule has 0 heterocycles. The van der Waals surface area contributed by atoms with Crippen LogP contribution in [0.15, 0.2) is 18.2 Å². The Kier molecular flexibility index (Phi) is 5.30. The van der Waals surface area contributed by atoms with Gasteiger partial charge in [-0.05, 0) is 18.9 Å². The fraction of sp³-hybridized carbons (Fsp3) is 0.500. The lowest BCUT2D eigenvalue weighted by molar-refractivity contribution is -0.144. The van der Waals surface area contributed by atoms with Crippen molar-refractivity contribution in [3.63, 3.8) is 0 Å². The summed E-state index contributed by atoms with van der Waals surface area (Å²) >= 11 is 0. The molecule has 0 aromatic heterocycles. The number of methoxy groups -OCH3 is 1. The first-order valence-corrected chi connectivity index (χ1v) is 6.19. The van der Waals surface area contributed by atoms with Gasteiger partial charge in [0.1, 0.15) is 17.6 Å². The largest absolute Gasteiger partial charge is 0.508 e. The third kappa shape index (κ3) is 3.92. The molecule has 0 fully saturated rings. The summed E-state index contributed by atoms with van der Waals surface area (Å²) in [5.41, 5.74) is 0.538. The number of nitrogens with one attached hydrogen (secondary N) is 1. The lowest BCUT2D eigenvalue weighted by atomic mass is 10.0. The lowest BCUT2D eigenvalue weighted by Gasteiger charge is -2.24. The van der Waals surface area contributed by atoms with E-state index < -0.39 is 11.9 Å². The van der Waals surface area contributed by atoms with E-state index in [9.17, 15) is 14.3 Å². The Morgan fingerprint density at radius 3 is 2.47 bits per heavy atom. The molecule has 0 aliphatic carbocycles. The molecule has 0 aliphatic rings. The number of phenols is 1. The van der Waals surface area contributed by atoms with Crippen LogP contribution in [0.2, 0.25) is 0 Å². The Labute approximate surface area is 112 Å². The van der Waals surface area contributed by atoms with Crippen molar-refractivity contribution in [1.29, 1.82) is 0 Å². The molecule has 5 heteroatoms. The number of ether oxygens (including phenoxy) is 1. The SMILES string of the molecule is COC(=O)C(NC(C)c1ccc(F)cc1O)C(C)C. The van der Waals surface area contributed by atoms with Gasteiger partial charge in [-0.25, -0.2) is 4.39 Å². The number of rotatable bonds is 5. The van der Waals surface area contributed by atoms with Gasteiger partial charge in [0, 0.05) is 17.7 Å². The first kappa shape index (κ1) is 15.4. The third-order valence-electron chi connectivity index (χ3n) is 3.01. The summed E-state index contributed by atoms with van der Waals surface area (Å²) in [6, 6.07) is 3.04. The van der Waals surface area contributed by atoms with Crippen molar-refractivity contribution in [1.82, 2.24) is 5.32 Å². The first-order valence-electron chi connectivity index (χ1n) is 6.19. The standard InChI is InChI=1S/C14H20FNO3/c1-8(2)13(14(18)19-4)16-9(3)11-6-5-10(15)7-12(11)17/h5-9,13,16-17H,1-4H3. The predicted molar refractivity (Wildman–Crippen MR) is 70.3 cm³/mol. The van der Waals surface area contributed by atoms with Crippen LogP contribution in [0.1, 0.15) is 32.4 Å². The zero-order valence-corrected chi connectivity index (χ0v) is 11.6. The smallest absolute Gasteiger partial charge is 0.323 e. The molecule has 2 N–H and O–H groups in total. The van der Waals surface area contributed by atoms with E-state index >= 15 is 0 Å². The summed E-state index contributed by atoms with van der Waals surface area (Å²) in [7, 11) is 1.33. The number of aromatic hydroxyl groups is 1. The van der Waals surface area contributed by atoms with E-state index in [-0.39, 0.29) is 23.7 Å². The highest BCUT2D eigenvalue weighted by Gasteiger charge is 2.25. The van der Waals surface area contributed by atoms with Gasteiger partial charge >= 0.3 is 5.97 Å². The number of halogens is 1. The second-order valence-corrected chi connectivity index (χ2v) is 4.84.